The molecule has 0 saturated heterocycles. The molecule has 256 valence electrons. The minimum Gasteiger partial charge on any atom is -0.478 e. The lowest BCUT2D eigenvalue weighted by Gasteiger charge is -2.42. The molecule has 0 radical (unpaired) electrons. The van der Waals surface area contributed by atoms with Crippen LogP contribution in [-0.2, 0) is 5.41 Å². The number of hydrogen-bond acceptors (Lipinski definition) is 5. The highest BCUT2D eigenvalue weighted by atomic mass is 16.5. The fraction of sp³-hybridized carbons (Fsp3) is 0.0698. The zero-order valence-electron chi connectivity index (χ0n) is 28.1. The van der Waals surface area contributed by atoms with E-state index in [-0.39, 0.29) is 22.6 Å². The normalized spacial score (nSPS) is 12.4. The number of aryl methyl sites for hydroxylation is 2. The van der Waals surface area contributed by atoms with Gasteiger partial charge in [-0.1, -0.05) is 96.1 Å². The Balaban J connectivity index is 1.54. The first-order valence-corrected chi connectivity index (χ1v) is 16.4. The van der Waals surface area contributed by atoms with Crippen molar-refractivity contribution in [3.05, 3.63) is 189 Å². The summed E-state index contributed by atoms with van der Waals surface area (Å²) < 4.78 is 6.46. The van der Waals surface area contributed by atoms with E-state index < -0.39 is 40.3 Å². The van der Waals surface area contributed by atoms with Gasteiger partial charge >= 0.3 is 11.9 Å². The number of aromatic carboxylic acids is 2. The zero-order valence-corrected chi connectivity index (χ0v) is 28.1. The van der Waals surface area contributed by atoms with Gasteiger partial charge in [0.15, 0.2) is 0 Å². The highest BCUT2D eigenvalue weighted by Crippen LogP contribution is 2.56. The van der Waals surface area contributed by atoms with Crippen molar-refractivity contribution >= 4 is 35.1 Å². The van der Waals surface area contributed by atoms with Crippen molar-refractivity contribution in [3.63, 3.8) is 0 Å². The average Bonchev–Trinajstić information content (AvgIpc) is 3.15. The van der Waals surface area contributed by atoms with Gasteiger partial charge in [0.25, 0.3) is 11.8 Å². The van der Waals surface area contributed by atoms with Crippen LogP contribution in [0.4, 0.5) is 11.4 Å². The van der Waals surface area contributed by atoms with E-state index >= 15 is 0 Å². The number of carboxylic acid groups (broad SMARTS) is 2. The standard InChI is InChI=1S/C43H32N2O7/c1-25-13-17-29(18-14-25)44-39(46)31-21-35-37(23-32(31)40(47)45-30-19-15-26(2)16-20-30)52-38-24-34(42(50)51)33(41(48)49)22-36(38)43(35,27-9-5-3-6-10-27)28-11-7-4-8-12-28/h3-24H,1-2H3,(H,44,46)(H,45,47)(H,48,49)(H,50,51). The SMILES string of the molecule is Cc1ccc(NC(=O)c2cc3c(cc2C(=O)Nc2ccc(C)cc2)C(c2ccccc2)(c2ccccc2)c2cc(C(=O)O)c(C(=O)O)cc2O3)cc1. The molecular formula is C43H32N2O7. The maximum Gasteiger partial charge on any atom is 0.336 e. The second-order valence-corrected chi connectivity index (χ2v) is 12.6. The number of nitrogens with one attached hydrogen (secondary N) is 2. The lowest BCUT2D eigenvalue weighted by Crippen LogP contribution is -2.35. The van der Waals surface area contributed by atoms with E-state index in [1.54, 1.807) is 30.3 Å². The Kier molecular flexibility index (Phi) is 8.61. The molecule has 9 nitrogen and oxygen atoms in total. The van der Waals surface area contributed by atoms with Crippen molar-refractivity contribution < 1.29 is 34.1 Å². The summed E-state index contributed by atoms with van der Waals surface area (Å²) >= 11 is 0. The third-order valence-corrected chi connectivity index (χ3v) is 9.25. The molecule has 52 heavy (non-hydrogen) atoms. The Hall–Kier alpha value is -7.00. The van der Waals surface area contributed by atoms with Gasteiger partial charge in [-0.2, -0.15) is 0 Å². The van der Waals surface area contributed by atoms with Gasteiger partial charge in [-0.05, 0) is 73.5 Å². The fourth-order valence-electron chi connectivity index (χ4n) is 6.74. The molecule has 0 aromatic heterocycles. The molecule has 2 amide bonds. The molecule has 6 aromatic carbocycles. The van der Waals surface area contributed by atoms with Gasteiger partial charge in [0.05, 0.1) is 27.7 Å². The van der Waals surface area contributed by atoms with E-state index in [1.807, 2.05) is 98.8 Å². The molecule has 0 bridgehead atoms. The van der Waals surface area contributed by atoms with Crippen molar-refractivity contribution in [2.45, 2.75) is 19.3 Å². The third-order valence-electron chi connectivity index (χ3n) is 9.25. The summed E-state index contributed by atoms with van der Waals surface area (Å²) in [5.41, 5.74) is 3.01. The van der Waals surface area contributed by atoms with Crippen LogP contribution in [0, 0.1) is 13.8 Å². The number of carbonyl (C=O) groups excluding carboxylic acids is 2. The molecule has 4 N–H and O–H groups in total. The number of carboxylic acids is 2. The number of anilines is 2. The molecule has 9 heteroatoms. The molecular weight excluding hydrogens is 656 g/mol. The highest BCUT2D eigenvalue weighted by molar-refractivity contribution is 6.16. The molecule has 0 unspecified atom stereocenters. The van der Waals surface area contributed by atoms with E-state index in [2.05, 4.69) is 10.6 Å². The smallest absolute Gasteiger partial charge is 0.336 e. The quantitative estimate of drug-likeness (QED) is 0.125. The Morgan fingerprint density at radius 3 is 1.29 bits per heavy atom. The summed E-state index contributed by atoms with van der Waals surface area (Å²) in [5, 5.41) is 26.1. The van der Waals surface area contributed by atoms with Gasteiger partial charge in [0, 0.05) is 22.5 Å². The molecule has 1 aliphatic heterocycles. The van der Waals surface area contributed by atoms with Gasteiger partial charge in [0.2, 0.25) is 0 Å². The second kappa shape index (κ2) is 13.4. The molecule has 0 saturated carbocycles. The number of hydrogen-bond donors (Lipinski definition) is 4. The number of rotatable bonds is 8. The number of amides is 2. The Labute approximate surface area is 299 Å². The van der Waals surface area contributed by atoms with Crippen LogP contribution in [0.15, 0.2) is 133 Å². The highest BCUT2D eigenvalue weighted by Gasteiger charge is 2.47. The van der Waals surface area contributed by atoms with Crippen molar-refractivity contribution in [3.8, 4) is 11.5 Å². The van der Waals surface area contributed by atoms with Crippen molar-refractivity contribution in [1.29, 1.82) is 0 Å². The van der Waals surface area contributed by atoms with E-state index in [0.717, 1.165) is 11.1 Å². The first kappa shape index (κ1) is 33.5. The molecule has 0 spiro atoms. The third kappa shape index (κ3) is 5.94. The molecule has 1 heterocycles. The van der Waals surface area contributed by atoms with E-state index in [4.69, 9.17) is 4.74 Å². The van der Waals surface area contributed by atoms with Gasteiger partial charge in [-0.25, -0.2) is 9.59 Å². The second-order valence-electron chi connectivity index (χ2n) is 12.6. The number of benzene rings is 6. The predicted octanol–water partition coefficient (Wildman–Crippen LogP) is 8.69. The lowest BCUT2D eigenvalue weighted by atomic mass is 9.63. The largest absolute Gasteiger partial charge is 0.478 e. The first-order valence-electron chi connectivity index (χ1n) is 16.4. The molecule has 7 rings (SSSR count). The van der Waals surface area contributed by atoms with Gasteiger partial charge in [0.1, 0.15) is 11.5 Å². The molecule has 0 atom stereocenters. The van der Waals surface area contributed by atoms with Crippen molar-refractivity contribution in [2.75, 3.05) is 10.6 Å². The number of carbonyl (C=O) groups is 4. The maximum atomic E-state index is 14.3. The van der Waals surface area contributed by atoms with E-state index in [9.17, 15) is 29.4 Å². The van der Waals surface area contributed by atoms with Crippen LogP contribution in [0.2, 0.25) is 0 Å². The lowest BCUT2D eigenvalue weighted by molar-refractivity contribution is 0.0651. The van der Waals surface area contributed by atoms with Crippen LogP contribution >= 0.6 is 0 Å². The summed E-state index contributed by atoms with van der Waals surface area (Å²) in [6.45, 7) is 3.86. The molecule has 6 aromatic rings. The summed E-state index contributed by atoms with van der Waals surface area (Å²) in [6.07, 6.45) is 0. The summed E-state index contributed by atoms with van der Waals surface area (Å²) in [6, 6.07) is 38.7. The monoisotopic (exact) mass is 688 g/mol. The van der Waals surface area contributed by atoms with E-state index in [0.29, 0.717) is 33.6 Å². The van der Waals surface area contributed by atoms with Crippen LogP contribution in [0.1, 0.15) is 74.8 Å². The van der Waals surface area contributed by atoms with Crippen molar-refractivity contribution in [1.82, 2.24) is 0 Å². The number of fused-ring (bicyclic) bond motifs is 2. The molecule has 0 aliphatic carbocycles. The van der Waals surface area contributed by atoms with Crippen LogP contribution in [-0.4, -0.2) is 34.0 Å². The van der Waals surface area contributed by atoms with Gasteiger partial charge in [-0.3, -0.25) is 9.59 Å². The Morgan fingerprint density at radius 2 is 0.865 bits per heavy atom. The maximum absolute atomic E-state index is 14.3. The van der Waals surface area contributed by atoms with Crippen LogP contribution in [0.3, 0.4) is 0 Å². The van der Waals surface area contributed by atoms with Gasteiger partial charge in [-0.15, -0.1) is 0 Å². The topological polar surface area (TPSA) is 142 Å². The first-order chi connectivity index (χ1) is 25.1. The van der Waals surface area contributed by atoms with Crippen LogP contribution < -0.4 is 15.4 Å². The van der Waals surface area contributed by atoms with Crippen LogP contribution in [0.5, 0.6) is 11.5 Å². The minimum absolute atomic E-state index is 0.00280. The van der Waals surface area contributed by atoms with E-state index in [1.165, 1.54) is 18.2 Å². The zero-order chi connectivity index (χ0) is 36.6. The average molecular weight is 689 g/mol. The minimum atomic E-state index is -1.44. The summed E-state index contributed by atoms with van der Waals surface area (Å²) in [7, 11) is 0. The van der Waals surface area contributed by atoms with Crippen LogP contribution in [0.25, 0.3) is 0 Å². The molecule has 1 aliphatic rings. The summed E-state index contributed by atoms with van der Waals surface area (Å²) in [4.78, 5) is 53.4. The van der Waals surface area contributed by atoms with Gasteiger partial charge < -0.3 is 25.6 Å². The Bertz CT molecular complexity index is 2330. The molecule has 0 fully saturated rings. The summed E-state index contributed by atoms with van der Waals surface area (Å²) in [5.74, 6) is -3.74. The number of ether oxygens (including phenoxy) is 1. The predicted molar refractivity (Wildman–Crippen MR) is 197 cm³/mol. The fourth-order valence-corrected chi connectivity index (χ4v) is 6.74. The Morgan fingerprint density at radius 1 is 0.500 bits per heavy atom. The van der Waals surface area contributed by atoms with Crippen molar-refractivity contribution in [2.24, 2.45) is 0 Å².